The van der Waals surface area contributed by atoms with Crippen molar-refractivity contribution in [3.05, 3.63) is 65.7 Å². The van der Waals surface area contributed by atoms with Crippen molar-refractivity contribution in [1.82, 2.24) is 31.9 Å². The SMILES string of the molecule is CC(C)[C@H](NC(=O)[C@H](CC(=O)O)NC(=O)[C@H](Cc1ccccc1)NC(=O)[C@@H](C)NC(=O)[C@@H](N)Cc1ccc(O)cc1)C(=O)N[C@](CO)(C(=O)NCC(N)=O)C(C)C. The summed E-state index contributed by atoms with van der Waals surface area (Å²) in [6.07, 6.45) is -0.963. The van der Waals surface area contributed by atoms with Crippen LogP contribution in [0.15, 0.2) is 54.6 Å². The molecule has 0 saturated heterocycles. The Morgan fingerprint density at radius 1 is 0.702 bits per heavy atom. The van der Waals surface area contributed by atoms with Gasteiger partial charge in [0.25, 0.3) is 0 Å². The van der Waals surface area contributed by atoms with Crippen LogP contribution in [0.3, 0.4) is 0 Å². The van der Waals surface area contributed by atoms with Crippen LogP contribution in [0.4, 0.5) is 0 Å². The molecule has 2 rings (SSSR count). The Kier molecular flexibility index (Phi) is 18.1. The Hall–Kier alpha value is -6.08. The van der Waals surface area contributed by atoms with Crippen LogP contribution >= 0.6 is 0 Å². The van der Waals surface area contributed by atoms with Crippen molar-refractivity contribution in [2.45, 2.75) is 89.6 Å². The highest BCUT2D eigenvalue weighted by Crippen LogP contribution is 2.19. The number of carboxylic acids is 1. The first-order valence-corrected chi connectivity index (χ1v) is 18.2. The summed E-state index contributed by atoms with van der Waals surface area (Å²) in [6.45, 7) is 6.02. The molecule has 312 valence electrons. The smallest absolute Gasteiger partial charge is 0.305 e. The van der Waals surface area contributed by atoms with E-state index >= 15 is 0 Å². The van der Waals surface area contributed by atoms with E-state index in [9.17, 15) is 53.7 Å². The van der Waals surface area contributed by atoms with Gasteiger partial charge < -0.3 is 58.7 Å². The van der Waals surface area contributed by atoms with Crippen molar-refractivity contribution in [1.29, 1.82) is 0 Å². The molecule has 0 aliphatic rings. The fraction of sp³-hybridized carbons (Fsp3) is 0.474. The van der Waals surface area contributed by atoms with Gasteiger partial charge in [0.15, 0.2) is 0 Å². The van der Waals surface area contributed by atoms with E-state index in [0.717, 1.165) is 0 Å². The summed E-state index contributed by atoms with van der Waals surface area (Å²) in [7, 11) is 0. The summed E-state index contributed by atoms with van der Waals surface area (Å²) in [5.41, 5.74) is 10.4. The molecule has 7 amide bonds. The van der Waals surface area contributed by atoms with Gasteiger partial charge in [0.2, 0.25) is 41.4 Å². The zero-order valence-electron chi connectivity index (χ0n) is 32.5. The van der Waals surface area contributed by atoms with Crippen LogP contribution < -0.4 is 43.4 Å². The number of hydrogen-bond donors (Lipinski definition) is 11. The third-order valence-electron chi connectivity index (χ3n) is 9.06. The molecule has 13 N–H and O–H groups in total. The van der Waals surface area contributed by atoms with Crippen LogP contribution in [-0.4, -0.2) is 112 Å². The summed E-state index contributed by atoms with van der Waals surface area (Å²) in [6, 6.07) is 7.64. The van der Waals surface area contributed by atoms with E-state index in [1.807, 2.05) is 0 Å². The lowest BCUT2D eigenvalue weighted by atomic mass is 9.85. The van der Waals surface area contributed by atoms with Gasteiger partial charge in [-0.2, -0.15) is 0 Å². The number of aliphatic hydroxyl groups excluding tert-OH is 1. The zero-order chi connectivity index (χ0) is 43.0. The lowest BCUT2D eigenvalue weighted by molar-refractivity contribution is -0.142. The number of phenolic OH excluding ortho intramolecular Hbond substituents is 1. The molecule has 0 saturated carbocycles. The lowest BCUT2D eigenvalue weighted by Gasteiger charge is -2.37. The number of carbonyl (C=O) groups is 8. The van der Waals surface area contributed by atoms with Gasteiger partial charge in [0.05, 0.1) is 25.6 Å². The number of rotatable bonds is 22. The summed E-state index contributed by atoms with van der Waals surface area (Å²) >= 11 is 0. The van der Waals surface area contributed by atoms with Crippen molar-refractivity contribution in [3.8, 4) is 5.75 Å². The number of primary amides is 1. The van der Waals surface area contributed by atoms with E-state index in [2.05, 4.69) is 31.9 Å². The molecule has 0 bridgehead atoms. The van der Waals surface area contributed by atoms with Crippen LogP contribution in [0.5, 0.6) is 5.75 Å². The number of hydrogen-bond acceptors (Lipinski definition) is 11. The largest absolute Gasteiger partial charge is 0.508 e. The third-order valence-corrected chi connectivity index (χ3v) is 9.06. The van der Waals surface area contributed by atoms with Crippen LogP contribution in [0, 0.1) is 11.8 Å². The number of phenols is 1. The summed E-state index contributed by atoms with van der Waals surface area (Å²) in [4.78, 5) is 103. The van der Waals surface area contributed by atoms with Crippen LogP contribution in [0.25, 0.3) is 0 Å². The maximum Gasteiger partial charge on any atom is 0.305 e. The van der Waals surface area contributed by atoms with Crippen molar-refractivity contribution in [2.24, 2.45) is 23.3 Å². The van der Waals surface area contributed by atoms with Crippen molar-refractivity contribution < 1.29 is 53.7 Å². The maximum atomic E-state index is 13.8. The Bertz CT molecular complexity index is 1740. The topological polar surface area (TPSA) is 321 Å². The van der Waals surface area contributed by atoms with Gasteiger partial charge in [-0.1, -0.05) is 70.2 Å². The van der Waals surface area contributed by atoms with Gasteiger partial charge >= 0.3 is 5.97 Å². The van der Waals surface area contributed by atoms with Crippen molar-refractivity contribution >= 4 is 47.3 Å². The standard InChI is InChI=1S/C38H54N8O11/c1-20(2)31(36(56)46-38(19-47,21(3)4)37(57)41-18-29(40)49)45-35(55)28(17-30(50)51)44-34(54)27(16-23-9-7-6-8-10-23)43-32(52)22(5)42-33(53)26(39)15-24-11-13-25(48)14-12-24/h6-14,20-22,26-28,31,47-48H,15-19,39H2,1-5H3,(H2,40,49)(H,41,57)(H,42,53)(H,43,52)(H,44,54)(H,45,55)(H,46,56)(H,50,51)/t22-,26+,27+,28+,31+,38+/m1/s1. The second kappa shape index (κ2) is 21.9. The minimum Gasteiger partial charge on any atom is -0.508 e. The quantitative estimate of drug-likeness (QED) is 0.0599. The van der Waals surface area contributed by atoms with Gasteiger partial charge in [0, 0.05) is 6.42 Å². The molecule has 19 heteroatoms. The zero-order valence-corrected chi connectivity index (χ0v) is 32.5. The molecule has 0 unspecified atom stereocenters. The first kappa shape index (κ1) is 47.1. The highest BCUT2D eigenvalue weighted by molar-refractivity contribution is 5.99. The predicted molar refractivity (Wildman–Crippen MR) is 205 cm³/mol. The summed E-state index contributed by atoms with van der Waals surface area (Å²) < 4.78 is 0. The third kappa shape index (κ3) is 14.5. The van der Waals surface area contributed by atoms with Crippen molar-refractivity contribution in [3.63, 3.8) is 0 Å². The molecule has 0 spiro atoms. The molecule has 0 aromatic heterocycles. The summed E-state index contributed by atoms with van der Waals surface area (Å²) in [5, 5.41) is 44.0. The first-order chi connectivity index (χ1) is 26.7. The fourth-order valence-electron chi connectivity index (χ4n) is 5.55. The molecule has 2 aromatic rings. The molecule has 0 aliphatic carbocycles. The van der Waals surface area contributed by atoms with Gasteiger partial charge in [0.1, 0.15) is 35.5 Å². The van der Waals surface area contributed by atoms with E-state index in [1.165, 1.54) is 32.9 Å². The average molecular weight is 799 g/mol. The number of aliphatic carboxylic acids is 1. The molecule has 0 aliphatic heterocycles. The molecule has 0 fully saturated rings. The molecular weight excluding hydrogens is 744 g/mol. The second-order valence-electron chi connectivity index (χ2n) is 14.3. The maximum absolute atomic E-state index is 13.8. The highest BCUT2D eigenvalue weighted by atomic mass is 16.4. The Labute approximate surface area is 330 Å². The molecule has 57 heavy (non-hydrogen) atoms. The van der Waals surface area contributed by atoms with Gasteiger partial charge in [-0.15, -0.1) is 0 Å². The molecular formula is C38H54N8O11. The van der Waals surface area contributed by atoms with Crippen LogP contribution in [0.2, 0.25) is 0 Å². The van der Waals surface area contributed by atoms with E-state index < -0.39 is 114 Å². The number of nitrogens with two attached hydrogens (primary N) is 2. The molecule has 6 atom stereocenters. The Morgan fingerprint density at radius 3 is 1.79 bits per heavy atom. The van der Waals surface area contributed by atoms with E-state index in [0.29, 0.717) is 11.1 Å². The molecule has 0 heterocycles. The monoisotopic (exact) mass is 798 g/mol. The van der Waals surface area contributed by atoms with Gasteiger partial charge in [-0.05, 0) is 48.4 Å². The van der Waals surface area contributed by atoms with Gasteiger partial charge in [-0.25, -0.2) is 0 Å². The number of aromatic hydroxyl groups is 1. The van der Waals surface area contributed by atoms with Crippen LogP contribution in [-0.2, 0) is 51.2 Å². The average Bonchev–Trinajstić information content (AvgIpc) is 3.14. The molecule has 19 nitrogen and oxygen atoms in total. The molecule has 2 aromatic carbocycles. The number of amides is 7. The fourth-order valence-corrected chi connectivity index (χ4v) is 5.55. The number of carboxylic acid groups (broad SMARTS) is 1. The molecule has 0 radical (unpaired) electrons. The Balaban J connectivity index is 2.29. The minimum absolute atomic E-state index is 0.0351. The van der Waals surface area contributed by atoms with E-state index in [-0.39, 0.29) is 18.6 Å². The minimum atomic E-state index is -1.96. The normalized spacial score (nSPS) is 14.8. The highest BCUT2D eigenvalue weighted by Gasteiger charge is 2.44. The number of benzene rings is 2. The Morgan fingerprint density at radius 2 is 1.26 bits per heavy atom. The predicted octanol–water partition coefficient (Wildman–Crippen LogP) is -2.30. The lowest BCUT2D eigenvalue weighted by Crippen LogP contribution is -2.68. The number of aliphatic hydroxyl groups is 1. The van der Waals surface area contributed by atoms with E-state index in [4.69, 9.17) is 11.5 Å². The first-order valence-electron chi connectivity index (χ1n) is 18.2. The second-order valence-corrected chi connectivity index (χ2v) is 14.3. The van der Waals surface area contributed by atoms with Crippen LogP contribution in [0.1, 0.15) is 52.2 Å². The summed E-state index contributed by atoms with van der Waals surface area (Å²) in [5.74, 6) is -9.14. The van der Waals surface area contributed by atoms with E-state index in [1.54, 1.807) is 56.3 Å². The van der Waals surface area contributed by atoms with Gasteiger partial charge in [-0.3, -0.25) is 38.4 Å². The number of carbonyl (C=O) groups excluding carboxylic acids is 7. The van der Waals surface area contributed by atoms with Crippen molar-refractivity contribution in [2.75, 3.05) is 13.2 Å². The number of nitrogens with one attached hydrogen (secondary N) is 6.